The van der Waals surface area contributed by atoms with Crippen LogP contribution in [-0.4, -0.2) is 56.2 Å². The summed E-state index contributed by atoms with van der Waals surface area (Å²) < 4.78 is 15.6. The molecule has 0 bridgehead atoms. The van der Waals surface area contributed by atoms with Gasteiger partial charge < -0.3 is 24.4 Å². The number of hydrogen-bond acceptors (Lipinski definition) is 6. The van der Waals surface area contributed by atoms with Crippen molar-refractivity contribution in [3.8, 4) is 17.2 Å². The first kappa shape index (κ1) is 22.9. The molecular formula is C23H27N3O6. The Morgan fingerprint density at radius 2 is 1.59 bits per heavy atom. The summed E-state index contributed by atoms with van der Waals surface area (Å²) in [6.07, 6.45) is -0.192. The van der Waals surface area contributed by atoms with Crippen LogP contribution in [0.3, 0.4) is 0 Å². The average Bonchev–Trinajstić information content (AvgIpc) is 3.02. The summed E-state index contributed by atoms with van der Waals surface area (Å²) >= 11 is 0. The van der Waals surface area contributed by atoms with E-state index in [0.717, 1.165) is 4.90 Å². The number of rotatable bonds is 8. The first-order valence-electron chi connectivity index (χ1n) is 10.1. The Balaban J connectivity index is 1.83. The Morgan fingerprint density at radius 3 is 2.16 bits per heavy atom. The quantitative estimate of drug-likeness (QED) is 0.632. The minimum absolute atomic E-state index is 0.192. The predicted molar refractivity (Wildman–Crippen MR) is 119 cm³/mol. The van der Waals surface area contributed by atoms with E-state index in [2.05, 4.69) is 5.32 Å². The standard InChI is InChI=1S/C23H27N3O6/c1-14(2)25-20(13-21(27)24-15-9-18(31-4)12-19(10-15)32-5)22(28)26(23(25)29)16-7-6-8-17(11-16)30-3/h6-12,14,20H,13H2,1-5H3,(H,24,27). The second-order valence-corrected chi connectivity index (χ2v) is 7.53. The van der Waals surface area contributed by atoms with Gasteiger partial charge in [0.05, 0.1) is 33.4 Å². The first-order valence-corrected chi connectivity index (χ1v) is 10.1. The van der Waals surface area contributed by atoms with Crippen LogP contribution in [0.1, 0.15) is 20.3 Å². The molecular weight excluding hydrogens is 414 g/mol. The molecule has 0 aliphatic carbocycles. The SMILES string of the molecule is COc1cc(NC(=O)CC2C(=O)N(c3cccc(OC)c3)C(=O)N2C(C)C)cc(OC)c1. The normalized spacial score (nSPS) is 15.9. The zero-order chi connectivity index (χ0) is 23.4. The fourth-order valence-electron chi connectivity index (χ4n) is 3.63. The molecule has 1 fully saturated rings. The van der Waals surface area contributed by atoms with Crippen molar-refractivity contribution in [2.75, 3.05) is 31.5 Å². The van der Waals surface area contributed by atoms with Crippen LogP contribution in [-0.2, 0) is 9.59 Å². The summed E-state index contributed by atoms with van der Waals surface area (Å²) in [4.78, 5) is 41.6. The molecule has 1 heterocycles. The van der Waals surface area contributed by atoms with Crippen LogP contribution in [0, 0.1) is 0 Å². The molecule has 9 nitrogen and oxygen atoms in total. The molecule has 2 aromatic carbocycles. The number of benzene rings is 2. The third-order valence-corrected chi connectivity index (χ3v) is 5.14. The molecule has 0 aromatic heterocycles. The van der Waals surface area contributed by atoms with Crippen LogP contribution in [0.25, 0.3) is 0 Å². The molecule has 3 rings (SSSR count). The van der Waals surface area contributed by atoms with Gasteiger partial charge in [-0.2, -0.15) is 0 Å². The maximum Gasteiger partial charge on any atom is 0.332 e. The summed E-state index contributed by atoms with van der Waals surface area (Å²) in [5, 5.41) is 2.76. The van der Waals surface area contributed by atoms with E-state index in [4.69, 9.17) is 14.2 Å². The maximum absolute atomic E-state index is 13.2. The Labute approximate surface area is 186 Å². The molecule has 0 saturated carbocycles. The molecule has 1 saturated heterocycles. The molecule has 1 aliphatic heterocycles. The number of urea groups is 1. The number of anilines is 2. The van der Waals surface area contributed by atoms with Crippen LogP contribution in [0.15, 0.2) is 42.5 Å². The summed E-state index contributed by atoms with van der Waals surface area (Å²) in [7, 11) is 4.53. The Kier molecular flexibility index (Phi) is 6.87. The highest BCUT2D eigenvalue weighted by molar-refractivity contribution is 6.22. The molecule has 9 heteroatoms. The van der Waals surface area contributed by atoms with Gasteiger partial charge in [0.15, 0.2) is 0 Å². The van der Waals surface area contributed by atoms with Gasteiger partial charge in [-0.15, -0.1) is 0 Å². The van der Waals surface area contributed by atoms with E-state index in [9.17, 15) is 14.4 Å². The number of imide groups is 1. The Morgan fingerprint density at radius 1 is 0.969 bits per heavy atom. The summed E-state index contributed by atoms with van der Waals surface area (Å²) in [6.45, 7) is 3.61. The number of nitrogens with zero attached hydrogens (tertiary/aromatic N) is 2. The third kappa shape index (κ3) is 4.61. The van der Waals surface area contributed by atoms with Gasteiger partial charge in [0.25, 0.3) is 5.91 Å². The van der Waals surface area contributed by atoms with Gasteiger partial charge in [-0.25, -0.2) is 9.69 Å². The Hall–Kier alpha value is -3.75. The lowest BCUT2D eigenvalue weighted by Gasteiger charge is -2.25. The zero-order valence-electron chi connectivity index (χ0n) is 18.7. The Bertz CT molecular complexity index is 1000. The lowest BCUT2D eigenvalue weighted by molar-refractivity contribution is -0.124. The van der Waals surface area contributed by atoms with E-state index < -0.39 is 23.9 Å². The van der Waals surface area contributed by atoms with Crippen LogP contribution in [0.5, 0.6) is 17.2 Å². The molecule has 1 unspecified atom stereocenters. The van der Waals surface area contributed by atoms with Gasteiger partial charge in [-0.05, 0) is 26.0 Å². The molecule has 1 atom stereocenters. The monoisotopic (exact) mass is 441 g/mol. The fourth-order valence-corrected chi connectivity index (χ4v) is 3.63. The minimum atomic E-state index is -0.929. The molecule has 170 valence electrons. The predicted octanol–water partition coefficient (Wildman–Crippen LogP) is 3.29. The number of nitrogens with one attached hydrogen (secondary N) is 1. The van der Waals surface area contributed by atoms with Crippen LogP contribution in [0.4, 0.5) is 16.2 Å². The second kappa shape index (κ2) is 9.59. The smallest absolute Gasteiger partial charge is 0.332 e. The number of carbonyl (C=O) groups excluding carboxylic acids is 3. The van der Waals surface area contributed by atoms with E-state index in [1.165, 1.54) is 26.2 Å². The van der Waals surface area contributed by atoms with Crippen molar-refractivity contribution in [2.24, 2.45) is 0 Å². The largest absolute Gasteiger partial charge is 0.497 e. The maximum atomic E-state index is 13.2. The molecule has 1 N–H and O–H groups in total. The van der Waals surface area contributed by atoms with E-state index in [0.29, 0.717) is 28.6 Å². The zero-order valence-corrected chi connectivity index (χ0v) is 18.7. The molecule has 4 amide bonds. The highest BCUT2D eigenvalue weighted by Crippen LogP contribution is 2.31. The van der Waals surface area contributed by atoms with Gasteiger partial charge in [-0.3, -0.25) is 9.59 Å². The number of amides is 4. The number of ether oxygens (including phenoxy) is 3. The molecule has 0 radical (unpaired) electrons. The van der Waals surface area contributed by atoms with Crippen molar-refractivity contribution in [2.45, 2.75) is 32.4 Å². The summed E-state index contributed by atoms with van der Waals surface area (Å²) in [6, 6.07) is 9.97. The number of carbonyl (C=O) groups is 3. The van der Waals surface area contributed by atoms with Crippen LogP contribution < -0.4 is 24.4 Å². The summed E-state index contributed by atoms with van der Waals surface area (Å²) in [5.41, 5.74) is 0.856. The molecule has 1 aliphatic rings. The highest BCUT2D eigenvalue weighted by Gasteiger charge is 2.47. The van der Waals surface area contributed by atoms with Gasteiger partial charge in [0.2, 0.25) is 5.91 Å². The fraction of sp³-hybridized carbons (Fsp3) is 0.348. The summed E-state index contributed by atoms with van der Waals surface area (Å²) in [5.74, 6) is 0.673. The van der Waals surface area contributed by atoms with Gasteiger partial charge in [-0.1, -0.05) is 6.07 Å². The van der Waals surface area contributed by atoms with Crippen molar-refractivity contribution < 1.29 is 28.6 Å². The minimum Gasteiger partial charge on any atom is -0.497 e. The molecule has 2 aromatic rings. The topological polar surface area (TPSA) is 97.4 Å². The van der Waals surface area contributed by atoms with E-state index in [-0.39, 0.29) is 12.5 Å². The first-order chi connectivity index (χ1) is 15.3. The average molecular weight is 441 g/mol. The number of hydrogen-bond donors (Lipinski definition) is 1. The lowest BCUT2D eigenvalue weighted by Crippen LogP contribution is -2.42. The van der Waals surface area contributed by atoms with Crippen molar-refractivity contribution in [1.82, 2.24) is 4.90 Å². The third-order valence-electron chi connectivity index (χ3n) is 5.14. The van der Waals surface area contributed by atoms with Crippen molar-refractivity contribution in [1.29, 1.82) is 0 Å². The van der Waals surface area contributed by atoms with E-state index in [1.807, 2.05) is 0 Å². The molecule has 0 spiro atoms. The van der Waals surface area contributed by atoms with E-state index >= 15 is 0 Å². The van der Waals surface area contributed by atoms with Crippen LogP contribution in [0.2, 0.25) is 0 Å². The van der Waals surface area contributed by atoms with Crippen LogP contribution >= 0.6 is 0 Å². The molecule has 32 heavy (non-hydrogen) atoms. The van der Waals surface area contributed by atoms with Gasteiger partial charge in [0, 0.05) is 36.0 Å². The lowest BCUT2D eigenvalue weighted by atomic mass is 10.1. The highest BCUT2D eigenvalue weighted by atomic mass is 16.5. The van der Waals surface area contributed by atoms with Crippen molar-refractivity contribution >= 4 is 29.2 Å². The van der Waals surface area contributed by atoms with Crippen molar-refractivity contribution in [3.63, 3.8) is 0 Å². The van der Waals surface area contributed by atoms with Crippen molar-refractivity contribution in [3.05, 3.63) is 42.5 Å². The van der Waals surface area contributed by atoms with Gasteiger partial charge in [0.1, 0.15) is 23.3 Å². The number of methoxy groups -OCH3 is 3. The van der Waals surface area contributed by atoms with E-state index in [1.54, 1.807) is 56.3 Å². The van der Waals surface area contributed by atoms with Gasteiger partial charge >= 0.3 is 6.03 Å². The second-order valence-electron chi connectivity index (χ2n) is 7.53.